The molecule has 0 bridgehead atoms. The van der Waals surface area contributed by atoms with Crippen LogP contribution in [0.1, 0.15) is 22.3 Å². The molecule has 0 atom stereocenters. The fraction of sp³-hybridized carbons (Fsp3) is 0.250. The van der Waals surface area contributed by atoms with Gasteiger partial charge in [-0.1, -0.05) is 30.3 Å². The van der Waals surface area contributed by atoms with Crippen LogP contribution in [0, 0.1) is 0 Å². The summed E-state index contributed by atoms with van der Waals surface area (Å²) in [5.41, 5.74) is 8.99. The Bertz CT molecular complexity index is 665. The summed E-state index contributed by atoms with van der Waals surface area (Å²) in [6.07, 6.45) is -4.30. The van der Waals surface area contributed by atoms with E-state index in [2.05, 4.69) is 4.90 Å². The normalized spacial score (nSPS) is 15.2. The van der Waals surface area contributed by atoms with Crippen LogP contribution < -0.4 is 5.73 Å². The van der Waals surface area contributed by atoms with Gasteiger partial charge in [0.15, 0.2) is 0 Å². The van der Waals surface area contributed by atoms with Crippen molar-refractivity contribution in [1.82, 2.24) is 4.90 Å². The Labute approximate surface area is 121 Å². The highest BCUT2D eigenvalue weighted by Gasteiger charge is 2.30. The zero-order chi connectivity index (χ0) is 15.0. The molecule has 0 radical (unpaired) electrons. The first kappa shape index (κ1) is 13.9. The fourth-order valence-electron chi connectivity index (χ4n) is 2.73. The van der Waals surface area contributed by atoms with E-state index in [4.69, 9.17) is 5.73 Å². The van der Waals surface area contributed by atoms with E-state index in [1.807, 2.05) is 18.2 Å². The third-order valence-corrected chi connectivity index (χ3v) is 3.75. The minimum atomic E-state index is -4.30. The van der Waals surface area contributed by atoms with Crippen molar-refractivity contribution in [2.45, 2.75) is 25.8 Å². The SMILES string of the molecule is Nc1cccc2c1CN(Cc1cccc(C(F)(F)F)c1)C2. The molecule has 0 spiro atoms. The summed E-state index contributed by atoms with van der Waals surface area (Å²) in [7, 11) is 0. The van der Waals surface area contributed by atoms with E-state index in [-0.39, 0.29) is 0 Å². The van der Waals surface area contributed by atoms with Crippen molar-refractivity contribution >= 4 is 5.69 Å². The molecule has 0 saturated carbocycles. The van der Waals surface area contributed by atoms with Crippen molar-refractivity contribution < 1.29 is 13.2 Å². The monoisotopic (exact) mass is 292 g/mol. The standard InChI is InChI=1S/C16H15F3N2/c17-16(18,19)13-5-1-3-11(7-13)8-21-9-12-4-2-6-15(20)14(12)10-21/h1-7H,8-10,20H2. The fourth-order valence-corrected chi connectivity index (χ4v) is 2.73. The van der Waals surface area contributed by atoms with E-state index in [9.17, 15) is 13.2 Å². The largest absolute Gasteiger partial charge is 0.416 e. The van der Waals surface area contributed by atoms with Gasteiger partial charge in [-0.15, -0.1) is 0 Å². The van der Waals surface area contributed by atoms with Gasteiger partial charge in [-0.2, -0.15) is 13.2 Å². The number of rotatable bonds is 2. The third kappa shape index (κ3) is 2.88. The van der Waals surface area contributed by atoms with E-state index in [1.165, 1.54) is 12.1 Å². The molecular weight excluding hydrogens is 277 g/mol. The summed E-state index contributed by atoms with van der Waals surface area (Å²) in [4.78, 5) is 2.09. The number of anilines is 1. The Balaban J connectivity index is 1.76. The van der Waals surface area contributed by atoms with Crippen molar-refractivity contribution in [3.8, 4) is 0 Å². The second-order valence-electron chi connectivity index (χ2n) is 5.33. The minimum Gasteiger partial charge on any atom is -0.398 e. The number of benzene rings is 2. The van der Waals surface area contributed by atoms with Gasteiger partial charge in [0.25, 0.3) is 0 Å². The lowest BCUT2D eigenvalue weighted by Crippen LogP contribution is -2.16. The molecule has 5 heteroatoms. The van der Waals surface area contributed by atoms with Crippen molar-refractivity contribution in [1.29, 1.82) is 0 Å². The molecule has 2 aromatic carbocycles. The Kier molecular flexibility index (Phi) is 3.37. The summed E-state index contributed by atoms with van der Waals surface area (Å²) in [6.45, 7) is 1.88. The highest BCUT2D eigenvalue weighted by Crippen LogP contribution is 2.31. The molecule has 0 amide bonds. The number of fused-ring (bicyclic) bond motifs is 1. The van der Waals surface area contributed by atoms with Crippen LogP contribution in [0.15, 0.2) is 42.5 Å². The van der Waals surface area contributed by atoms with Crippen LogP contribution in [-0.2, 0) is 25.8 Å². The molecule has 2 aromatic rings. The lowest BCUT2D eigenvalue weighted by molar-refractivity contribution is -0.137. The summed E-state index contributed by atoms with van der Waals surface area (Å²) in [5.74, 6) is 0. The van der Waals surface area contributed by atoms with Gasteiger partial charge in [0.2, 0.25) is 0 Å². The number of halogens is 3. The first-order valence-electron chi connectivity index (χ1n) is 6.68. The maximum atomic E-state index is 12.7. The van der Waals surface area contributed by atoms with Gasteiger partial charge < -0.3 is 5.73 Å². The second-order valence-corrected chi connectivity index (χ2v) is 5.33. The predicted octanol–water partition coefficient (Wildman–Crippen LogP) is 3.80. The average Bonchev–Trinajstić information content (AvgIpc) is 2.82. The quantitative estimate of drug-likeness (QED) is 0.853. The third-order valence-electron chi connectivity index (χ3n) is 3.75. The number of hydrogen-bond donors (Lipinski definition) is 1. The van der Waals surface area contributed by atoms with Crippen molar-refractivity contribution in [2.75, 3.05) is 5.73 Å². The van der Waals surface area contributed by atoms with Crippen LogP contribution >= 0.6 is 0 Å². The molecule has 0 aliphatic carbocycles. The maximum absolute atomic E-state index is 12.7. The maximum Gasteiger partial charge on any atom is 0.416 e. The van der Waals surface area contributed by atoms with Crippen LogP contribution in [0.3, 0.4) is 0 Å². The number of nitrogens with zero attached hydrogens (tertiary/aromatic N) is 1. The Morgan fingerprint density at radius 2 is 1.81 bits per heavy atom. The topological polar surface area (TPSA) is 29.3 Å². The van der Waals surface area contributed by atoms with Gasteiger partial charge in [-0.05, 0) is 28.8 Å². The zero-order valence-corrected chi connectivity index (χ0v) is 11.3. The average molecular weight is 292 g/mol. The van der Waals surface area contributed by atoms with Gasteiger partial charge in [-0.25, -0.2) is 0 Å². The minimum absolute atomic E-state index is 0.484. The molecule has 2 N–H and O–H groups in total. The van der Waals surface area contributed by atoms with Crippen LogP contribution in [0.25, 0.3) is 0 Å². The molecule has 0 fully saturated rings. The van der Waals surface area contributed by atoms with Crippen molar-refractivity contribution in [2.24, 2.45) is 0 Å². The molecule has 3 rings (SSSR count). The first-order valence-corrected chi connectivity index (χ1v) is 6.68. The molecule has 1 aliphatic rings. The number of hydrogen-bond acceptors (Lipinski definition) is 2. The molecule has 110 valence electrons. The van der Waals surface area contributed by atoms with E-state index >= 15 is 0 Å². The number of alkyl halides is 3. The molecule has 0 aromatic heterocycles. The van der Waals surface area contributed by atoms with Gasteiger partial charge in [0.05, 0.1) is 5.56 Å². The van der Waals surface area contributed by atoms with Gasteiger partial charge in [0.1, 0.15) is 0 Å². The summed E-state index contributed by atoms with van der Waals surface area (Å²) in [5, 5.41) is 0. The number of nitrogen functional groups attached to an aromatic ring is 1. The highest BCUT2D eigenvalue weighted by molar-refractivity contribution is 5.52. The molecule has 1 aliphatic heterocycles. The molecular formula is C16H15F3N2. The first-order chi connectivity index (χ1) is 9.93. The van der Waals surface area contributed by atoms with Crippen molar-refractivity contribution in [3.05, 3.63) is 64.7 Å². The summed E-state index contributed by atoms with van der Waals surface area (Å²) < 4.78 is 38.2. The zero-order valence-electron chi connectivity index (χ0n) is 11.3. The van der Waals surface area contributed by atoms with Crippen LogP contribution in [-0.4, -0.2) is 4.90 Å². The molecule has 1 heterocycles. The Morgan fingerprint density at radius 1 is 1.05 bits per heavy atom. The van der Waals surface area contributed by atoms with Gasteiger partial charge in [0, 0.05) is 25.3 Å². The van der Waals surface area contributed by atoms with Gasteiger partial charge in [-0.3, -0.25) is 4.90 Å². The summed E-state index contributed by atoms with van der Waals surface area (Å²) >= 11 is 0. The lowest BCUT2D eigenvalue weighted by atomic mass is 10.1. The van der Waals surface area contributed by atoms with Crippen LogP contribution in [0.2, 0.25) is 0 Å². The number of nitrogens with two attached hydrogens (primary N) is 1. The van der Waals surface area contributed by atoms with E-state index in [1.54, 1.807) is 6.07 Å². The Hall–Kier alpha value is -2.01. The van der Waals surface area contributed by atoms with Crippen molar-refractivity contribution in [3.63, 3.8) is 0 Å². The molecule has 0 saturated heterocycles. The van der Waals surface area contributed by atoms with Crippen LogP contribution in [0.4, 0.5) is 18.9 Å². The molecule has 0 unspecified atom stereocenters. The highest BCUT2D eigenvalue weighted by atomic mass is 19.4. The van der Waals surface area contributed by atoms with E-state index in [0.717, 1.165) is 29.4 Å². The van der Waals surface area contributed by atoms with Crippen LogP contribution in [0.5, 0.6) is 0 Å². The van der Waals surface area contributed by atoms with Gasteiger partial charge >= 0.3 is 6.18 Å². The summed E-state index contributed by atoms with van der Waals surface area (Å²) in [6, 6.07) is 11.3. The second kappa shape index (κ2) is 5.07. The van der Waals surface area contributed by atoms with E-state index < -0.39 is 11.7 Å². The lowest BCUT2D eigenvalue weighted by Gasteiger charge is -2.16. The molecule has 21 heavy (non-hydrogen) atoms. The predicted molar refractivity (Wildman–Crippen MR) is 75.2 cm³/mol. The molecule has 2 nitrogen and oxygen atoms in total. The Morgan fingerprint density at radius 3 is 2.52 bits per heavy atom. The van der Waals surface area contributed by atoms with E-state index in [0.29, 0.717) is 18.7 Å². The smallest absolute Gasteiger partial charge is 0.398 e.